The normalized spacial score (nSPS) is 11.2. The zero-order chi connectivity index (χ0) is 15.5. The van der Waals surface area contributed by atoms with E-state index in [-0.39, 0.29) is 0 Å². The Balaban J connectivity index is 1.59. The van der Waals surface area contributed by atoms with Crippen molar-refractivity contribution in [1.82, 2.24) is 5.32 Å². The molecule has 0 radical (unpaired) electrons. The molecule has 0 spiro atoms. The monoisotopic (exact) mass is 353 g/mol. The summed E-state index contributed by atoms with van der Waals surface area (Å²) in [5.74, 6) is 0.838. The van der Waals surface area contributed by atoms with Gasteiger partial charge in [-0.1, -0.05) is 46.9 Å². The Morgan fingerprint density at radius 2 is 1.82 bits per heavy atom. The molecule has 2 aromatic carbocycles. The van der Waals surface area contributed by atoms with Gasteiger partial charge in [0.2, 0.25) is 0 Å². The number of fused-ring (bicyclic) bond motifs is 1. The molecule has 0 aliphatic heterocycles. The van der Waals surface area contributed by atoms with Crippen LogP contribution in [0.1, 0.15) is 11.3 Å². The van der Waals surface area contributed by atoms with Crippen molar-refractivity contribution in [3.8, 4) is 0 Å². The van der Waals surface area contributed by atoms with Crippen molar-refractivity contribution in [3.63, 3.8) is 0 Å². The van der Waals surface area contributed by atoms with Crippen molar-refractivity contribution in [2.24, 2.45) is 0 Å². The smallest absolute Gasteiger partial charge is 0.153 e. The summed E-state index contributed by atoms with van der Waals surface area (Å²) in [4.78, 5) is 0. The fourth-order valence-electron chi connectivity index (χ4n) is 2.35. The van der Waals surface area contributed by atoms with E-state index in [1.54, 1.807) is 6.07 Å². The standard InChI is InChI=1S/C17H14Cl3NO/c18-13-3-1-2-11(6-13)4-5-21-10-15-8-12-7-14(19)9-16(20)17(12)22-15/h1-3,6-9,21H,4-5,10H2. The van der Waals surface area contributed by atoms with Gasteiger partial charge in [-0.15, -0.1) is 0 Å². The van der Waals surface area contributed by atoms with Gasteiger partial charge in [-0.3, -0.25) is 0 Å². The third-order valence-corrected chi connectivity index (χ3v) is 4.10. The van der Waals surface area contributed by atoms with Gasteiger partial charge < -0.3 is 9.73 Å². The van der Waals surface area contributed by atoms with Crippen LogP contribution < -0.4 is 5.32 Å². The van der Waals surface area contributed by atoms with Crippen LogP contribution in [0.4, 0.5) is 0 Å². The van der Waals surface area contributed by atoms with E-state index in [0.717, 1.165) is 29.1 Å². The van der Waals surface area contributed by atoms with Crippen molar-refractivity contribution in [1.29, 1.82) is 0 Å². The first-order valence-corrected chi connectivity index (χ1v) is 8.08. The number of hydrogen-bond acceptors (Lipinski definition) is 2. The Labute approximate surface area is 144 Å². The molecule has 0 aliphatic rings. The lowest BCUT2D eigenvalue weighted by Gasteiger charge is -2.03. The number of halogens is 3. The second-order valence-electron chi connectivity index (χ2n) is 5.08. The molecule has 3 aromatic rings. The first-order valence-electron chi connectivity index (χ1n) is 6.94. The summed E-state index contributed by atoms with van der Waals surface area (Å²) in [5.41, 5.74) is 1.89. The summed E-state index contributed by atoms with van der Waals surface area (Å²) in [6.07, 6.45) is 0.910. The third kappa shape index (κ3) is 3.76. The quantitative estimate of drug-likeness (QED) is 0.592. The van der Waals surface area contributed by atoms with Gasteiger partial charge in [0, 0.05) is 15.4 Å². The van der Waals surface area contributed by atoms with Crippen LogP contribution in [0.15, 0.2) is 46.9 Å². The average molecular weight is 355 g/mol. The van der Waals surface area contributed by atoms with Crippen LogP contribution in [0, 0.1) is 0 Å². The van der Waals surface area contributed by atoms with Crippen molar-refractivity contribution in [2.45, 2.75) is 13.0 Å². The molecule has 5 heteroatoms. The first kappa shape index (κ1) is 15.7. The van der Waals surface area contributed by atoms with E-state index in [1.807, 2.05) is 30.3 Å². The van der Waals surface area contributed by atoms with Gasteiger partial charge in [0.15, 0.2) is 5.58 Å². The molecule has 1 heterocycles. The molecule has 0 saturated carbocycles. The van der Waals surface area contributed by atoms with E-state index in [0.29, 0.717) is 22.2 Å². The first-order chi connectivity index (χ1) is 10.6. The molecule has 0 amide bonds. The van der Waals surface area contributed by atoms with Gasteiger partial charge in [0.1, 0.15) is 5.76 Å². The predicted octanol–water partition coefficient (Wildman–Crippen LogP) is 5.73. The SMILES string of the molecule is Clc1cccc(CCNCc2cc3cc(Cl)cc(Cl)c3o2)c1. The Morgan fingerprint density at radius 1 is 0.955 bits per heavy atom. The van der Waals surface area contributed by atoms with Crippen LogP contribution in [0.2, 0.25) is 15.1 Å². The van der Waals surface area contributed by atoms with E-state index in [4.69, 9.17) is 39.2 Å². The summed E-state index contributed by atoms with van der Waals surface area (Å²) in [6, 6.07) is 13.4. The molecule has 22 heavy (non-hydrogen) atoms. The highest BCUT2D eigenvalue weighted by atomic mass is 35.5. The summed E-state index contributed by atoms with van der Waals surface area (Å²) in [5, 5.41) is 6.18. The molecule has 0 atom stereocenters. The highest BCUT2D eigenvalue weighted by Gasteiger charge is 2.08. The number of benzene rings is 2. The highest BCUT2D eigenvalue weighted by molar-refractivity contribution is 6.38. The zero-order valence-corrected chi connectivity index (χ0v) is 14.0. The number of furan rings is 1. The van der Waals surface area contributed by atoms with E-state index < -0.39 is 0 Å². The highest BCUT2D eigenvalue weighted by Crippen LogP contribution is 2.30. The second kappa shape index (κ2) is 6.93. The van der Waals surface area contributed by atoms with Crippen LogP contribution >= 0.6 is 34.8 Å². The molecular weight excluding hydrogens is 341 g/mol. The molecule has 1 aromatic heterocycles. The van der Waals surface area contributed by atoms with Crippen molar-refractivity contribution in [2.75, 3.05) is 6.54 Å². The fraction of sp³-hybridized carbons (Fsp3) is 0.176. The zero-order valence-electron chi connectivity index (χ0n) is 11.7. The molecule has 0 saturated heterocycles. The van der Waals surface area contributed by atoms with Gasteiger partial charge in [-0.05, 0) is 48.9 Å². The van der Waals surface area contributed by atoms with Gasteiger partial charge in [-0.25, -0.2) is 0 Å². The lowest BCUT2D eigenvalue weighted by Crippen LogP contribution is -2.16. The van der Waals surface area contributed by atoms with E-state index in [1.165, 1.54) is 5.56 Å². The summed E-state index contributed by atoms with van der Waals surface area (Å²) < 4.78 is 5.75. The maximum atomic E-state index is 6.12. The van der Waals surface area contributed by atoms with E-state index in [9.17, 15) is 0 Å². The minimum absolute atomic E-state index is 0.535. The Morgan fingerprint density at radius 3 is 2.64 bits per heavy atom. The molecule has 2 nitrogen and oxygen atoms in total. The van der Waals surface area contributed by atoms with Crippen molar-refractivity contribution >= 4 is 45.8 Å². The van der Waals surface area contributed by atoms with Gasteiger partial charge in [-0.2, -0.15) is 0 Å². The largest absolute Gasteiger partial charge is 0.458 e. The minimum Gasteiger partial charge on any atom is -0.458 e. The Kier molecular flexibility index (Phi) is 4.94. The summed E-state index contributed by atoms with van der Waals surface area (Å²) in [7, 11) is 0. The molecule has 1 N–H and O–H groups in total. The second-order valence-corrected chi connectivity index (χ2v) is 6.36. The van der Waals surface area contributed by atoms with Crippen LogP contribution in [0.3, 0.4) is 0 Å². The van der Waals surface area contributed by atoms with Crippen LogP contribution in [-0.2, 0) is 13.0 Å². The maximum absolute atomic E-state index is 6.12. The molecule has 3 rings (SSSR count). The number of rotatable bonds is 5. The van der Waals surface area contributed by atoms with E-state index in [2.05, 4.69) is 11.4 Å². The van der Waals surface area contributed by atoms with Gasteiger partial charge in [0.25, 0.3) is 0 Å². The van der Waals surface area contributed by atoms with E-state index >= 15 is 0 Å². The average Bonchev–Trinajstić information content (AvgIpc) is 2.87. The van der Waals surface area contributed by atoms with Crippen LogP contribution in [-0.4, -0.2) is 6.54 Å². The van der Waals surface area contributed by atoms with Crippen LogP contribution in [0.25, 0.3) is 11.0 Å². The van der Waals surface area contributed by atoms with Crippen LogP contribution in [0.5, 0.6) is 0 Å². The maximum Gasteiger partial charge on any atom is 0.153 e. The van der Waals surface area contributed by atoms with Gasteiger partial charge >= 0.3 is 0 Å². The Hall–Kier alpha value is -1.19. The molecule has 0 bridgehead atoms. The molecule has 0 aliphatic carbocycles. The molecule has 114 valence electrons. The molecular formula is C17H14Cl3NO. The predicted molar refractivity (Wildman–Crippen MR) is 93.1 cm³/mol. The summed E-state index contributed by atoms with van der Waals surface area (Å²) in [6.45, 7) is 1.48. The number of nitrogens with one attached hydrogen (secondary N) is 1. The lowest BCUT2D eigenvalue weighted by atomic mass is 10.1. The Bertz CT molecular complexity index is 798. The van der Waals surface area contributed by atoms with Crippen molar-refractivity contribution in [3.05, 3.63) is 68.9 Å². The van der Waals surface area contributed by atoms with Crippen molar-refractivity contribution < 1.29 is 4.42 Å². The third-order valence-electron chi connectivity index (χ3n) is 3.37. The molecule has 0 fully saturated rings. The van der Waals surface area contributed by atoms with Gasteiger partial charge in [0.05, 0.1) is 11.6 Å². The summed E-state index contributed by atoms with van der Waals surface area (Å²) >= 11 is 18.1. The molecule has 0 unspecified atom stereocenters. The fourth-order valence-corrected chi connectivity index (χ4v) is 3.11. The lowest BCUT2D eigenvalue weighted by molar-refractivity contribution is 0.515. The minimum atomic E-state index is 0.535. The number of hydrogen-bond donors (Lipinski definition) is 1. The topological polar surface area (TPSA) is 25.2 Å².